The Labute approximate surface area is 123 Å². The third-order valence-electron chi connectivity index (χ3n) is 3.01. The van der Waals surface area contributed by atoms with Crippen molar-refractivity contribution in [2.24, 2.45) is 0 Å². The van der Waals surface area contributed by atoms with E-state index in [-0.39, 0.29) is 11.1 Å². The normalized spacial score (nSPS) is 13.8. The fourth-order valence-electron chi connectivity index (χ4n) is 2.12. The average molecular weight is 316 g/mol. The van der Waals surface area contributed by atoms with Gasteiger partial charge in [-0.3, -0.25) is 0 Å². The summed E-state index contributed by atoms with van der Waals surface area (Å²) in [6.45, 7) is 4.31. The number of sulfone groups is 1. The Hall–Kier alpha value is -1.14. The largest absolute Gasteiger partial charge is 0.311 e. The summed E-state index contributed by atoms with van der Waals surface area (Å²) in [5.74, 6) is 0.877. The van der Waals surface area contributed by atoms with Crippen LogP contribution in [0.25, 0.3) is 11.2 Å². The van der Waals surface area contributed by atoms with Crippen LogP contribution in [0.5, 0.6) is 0 Å². The summed E-state index contributed by atoms with van der Waals surface area (Å²) in [4.78, 5) is 8.97. The number of aryl methyl sites for hydroxylation is 2. The molecule has 0 aromatic carbocycles. The van der Waals surface area contributed by atoms with Crippen molar-refractivity contribution >= 4 is 32.6 Å². The average Bonchev–Trinajstić information content (AvgIpc) is 2.66. The van der Waals surface area contributed by atoms with Gasteiger partial charge in [-0.05, 0) is 32.4 Å². The van der Waals surface area contributed by atoms with E-state index >= 15 is 0 Å². The van der Waals surface area contributed by atoms with E-state index in [9.17, 15) is 8.42 Å². The van der Waals surface area contributed by atoms with Gasteiger partial charge in [0.15, 0.2) is 5.65 Å². The predicted molar refractivity (Wildman–Crippen MR) is 80.9 cm³/mol. The second kappa shape index (κ2) is 5.69. The molecule has 2 heterocycles. The van der Waals surface area contributed by atoms with Crippen molar-refractivity contribution in [1.29, 1.82) is 0 Å². The monoisotopic (exact) mass is 315 g/mol. The van der Waals surface area contributed by atoms with Crippen LogP contribution >= 0.6 is 11.6 Å². The third-order valence-corrected chi connectivity index (χ3v) is 4.24. The summed E-state index contributed by atoms with van der Waals surface area (Å²) in [7, 11) is -2.96. The highest BCUT2D eigenvalue weighted by atomic mass is 35.5. The van der Waals surface area contributed by atoms with Crippen molar-refractivity contribution < 1.29 is 8.42 Å². The number of nitrogens with zero attached hydrogens (tertiary/aromatic N) is 3. The first kappa shape index (κ1) is 15.3. The smallest absolute Gasteiger partial charge is 0.160 e. The molecule has 20 heavy (non-hydrogen) atoms. The lowest BCUT2D eigenvalue weighted by atomic mass is 10.3. The Balaban J connectivity index is 2.38. The molecule has 7 heteroatoms. The van der Waals surface area contributed by atoms with Crippen LogP contribution in [0.15, 0.2) is 12.1 Å². The fourth-order valence-corrected chi connectivity index (χ4v) is 2.94. The van der Waals surface area contributed by atoms with E-state index in [1.807, 2.05) is 30.5 Å². The Kier molecular flexibility index (Phi) is 4.34. The summed E-state index contributed by atoms with van der Waals surface area (Å²) < 4.78 is 24.4. The molecule has 0 saturated carbocycles. The van der Waals surface area contributed by atoms with Gasteiger partial charge in [0.1, 0.15) is 21.2 Å². The molecule has 5 nitrogen and oxygen atoms in total. The van der Waals surface area contributed by atoms with E-state index < -0.39 is 9.84 Å². The molecular weight excluding hydrogens is 298 g/mol. The molecule has 1 atom stereocenters. The SMILES string of the molecule is Cc1ccc2nc(C(C)Cl)n(CCCS(C)(=O)=O)c2n1. The van der Waals surface area contributed by atoms with Crippen LogP contribution in [0.4, 0.5) is 0 Å². The van der Waals surface area contributed by atoms with Crippen LogP contribution in [0.1, 0.15) is 30.2 Å². The zero-order chi connectivity index (χ0) is 14.9. The van der Waals surface area contributed by atoms with Crippen LogP contribution in [-0.2, 0) is 16.4 Å². The quantitative estimate of drug-likeness (QED) is 0.795. The summed E-state index contributed by atoms with van der Waals surface area (Å²) in [6.07, 6.45) is 1.77. The van der Waals surface area contributed by atoms with Gasteiger partial charge in [0.2, 0.25) is 0 Å². The molecule has 1 unspecified atom stereocenters. The van der Waals surface area contributed by atoms with Crippen molar-refractivity contribution in [2.75, 3.05) is 12.0 Å². The molecule has 0 radical (unpaired) electrons. The molecule has 0 bridgehead atoms. The summed E-state index contributed by atoms with van der Waals surface area (Å²) >= 11 is 6.16. The van der Waals surface area contributed by atoms with Gasteiger partial charge in [0.05, 0.1) is 11.1 Å². The maximum absolute atomic E-state index is 11.2. The molecule has 0 spiro atoms. The van der Waals surface area contributed by atoms with E-state index in [0.717, 1.165) is 22.7 Å². The van der Waals surface area contributed by atoms with Crippen molar-refractivity contribution in [3.63, 3.8) is 0 Å². The molecule has 0 aliphatic rings. The minimum Gasteiger partial charge on any atom is -0.311 e. The molecule has 0 amide bonds. The van der Waals surface area contributed by atoms with E-state index in [2.05, 4.69) is 9.97 Å². The molecule has 0 aliphatic heterocycles. The highest BCUT2D eigenvalue weighted by Gasteiger charge is 2.16. The van der Waals surface area contributed by atoms with Gasteiger partial charge in [-0.1, -0.05) is 0 Å². The molecule has 110 valence electrons. The van der Waals surface area contributed by atoms with Crippen molar-refractivity contribution in [2.45, 2.75) is 32.2 Å². The van der Waals surface area contributed by atoms with E-state index in [0.29, 0.717) is 13.0 Å². The lowest BCUT2D eigenvalue weighted by molar-refractivity contribution is 0.589. The Morgan fingerprint density at radius 2 is 2.05 bits per heavy atom. The molecule has 0 aliphatic carbocycles. The fraction of sp³-hybridized carbons (Fsp3) is 0.538. The van der Waals surface area contributed by atoms with Gasteiger partial charge < -0.3 is 4.57 Å². The second-order valence-electron chi connectivity index (χ2n) is 5.02. The lowest BCUT2D eigenvalue weighted by Crippen LogP contribution is -2.10. The minimum absolute atomic E-state index is 0.147. The number of fused-ring (bicyclic) bond motifs is 1. The van der Waals surface area contributed by atoms with Gasteiger partial charge in [-0.2, -0.15) is 0 Å². The van der Waals surface area contributed by atoms with E-state index in [4.69, 9.17) is 11.6 Å². The van der Waals surface area contributed by atoms with Gasteiger partial charge in [0, 0.05) is 18.5 Å². The van der Waals surface area contributed by atoms with Crippen molar-refractivity contribution in [3.8, 4) is 0 Å². The Morgan fingerprint density at radius 3 is 2.65 bits per heavy atom. The zero-order valence-electron chi connectivity index (χ0n) is 11.8. The summed E-state index contributed by atoms with van der Waals surface area (Å²) in [5.41, 5.74) is 2.45. The summed E-state index contributed by atoms with van der Waals surface area (Å²) in [5, 5.41) is -0.247. The first-order chi connectivity index (χ1) is 9.28. The van der Waals surface area contributed by atoms with Gasteiger partial charge in [0.25, 0.3) is 0 Å². The Morgan fingerprint density at radius 1 is 1.35 bits per heavy atom. The zero-order valence-corrected chi connectivity index (χ0v) is 13.4. The number of imidazole rings is 1. The standard InChI is InChI=1S/C13H18ClN3O2S/c1-9-5-6-11-13(15-9)17(12(16-11)10(2)14)7-4-8-20(3,18)19/h5-6,10H,4,7-8H2,1-3H3. The van der Waals surface area contributed by atoms with Gasteiger partial charge >= 0.3 is 0 Å². The van der Waals surface area contributed by atoms with Gasteiger partial charge in [-0.25, -0.2) is 18.4 Å². The number of hydrogen-bond acceptors (Lipinski definition) is 4. The van der Waals surface area contributed by atoms with Gasteiger partial charge in [-0.15, -0.1) is 11.6 Å². The molecular formula is C13H18ClN3O2S. The molecule has 2 aromatic heterocycles. The minimum atomic E-state index is -2.96. The number of pyridine rings is 1. The second-order valence-corrected chi connectivity index (χ2v) is 7.93. The highest BCUT2D eigenvalue weighted by Crippen LogP contribution is 2.24. The van der Waals surface area contributed by atoms with E-state index in [1.54, 1.807) is 0 Å². The third kappa shape index (κ3) is 3.49. The summed E-state index contributed by atoms with van der Waals surface area (Å²) in [6, 6.07) is 3.81. The van der Waals surface area contributed by atoms with Crippen molar-refractivity contribution in [3.05, 3.63) is 23.7 Å². The number of halogens is 1. The van der Waals surface area contributed by atoms with Crippen LogP contribution in [0.3, 0.4) is 0 Å². The Bertz CT molecular complexity index is 723. The number of alkyl halides is 1. The predicted octanol–water partition coefficient (Wildman–Crippen LogP) is 2.47. The van der Waals surface area contributed by atoms with E-state index in [1.165, 1.54) is 6.26 Å². The molecule has 2 rings (SSSR count). The number of hydrogen-bond donors (Lipinski definition) is 0. The highest BCUT2D eigenvalue weighted by molar-refractivity contribution is 7.90. The number of aromatic nitrogens is 3. The molecule has 0 saturated heterocycles. The first-order valence-corrected chi connectivity index (χ1v) is 8.93. The molecule has 0 fully saturated rings. The number of rotatable bonds is 5. The first-order valence-electron chi connectivity index (χ1n) is 6.43. The van der Waals surface area contributed by atoms with Crippen molar-refractivity contribution in [1.82, 2.24) is 14.5 Å². The molecule has 0 N–H and O–H groups in total. The molecule has 2 aromatic rings. The topological polar surface area (TPSA) is 64.8 Å². The maximum Gasteiger partial charge on any atom is 0.160 e. The van der Waals surface area contributed by atoms with Crippen LogP contribution in [0.2, 0.25) is 0 Å². The maximum atomic E-state index is 11.2. The lowest BCUT2D eigenvalue weighted by Gasteiger charge is -2.09. The van der Waals surface area contributed by atoms with Crippen LogP contribution in [0, 0.1) is 6.92 Å². The van der Waals surface area contributed by atoms with Crippen LogP contribution < -0.4 is 0 Å². The van der Waals surface area contributed by atoms with Crippen LogP contribution in [-0.4, -0.2) is 35.0 Å².